The van der Waals surface area contributed by atoms with Crippen LogP contribution in [-0.4, -0.2) is 11.1 Å². The van der Waals surface area contributed by atoms with E-state index in [1.54, 1.807) is 19.1 Å². The fraction of sp³-hybridized carbons (Fsp3) is 0.0667. The second kappa shape index (κ2) is 5.41. The molecule has 0 bridgehead atoms. The molecule has 0 aromatic heterocycles. The molecule has 0 heterocycles. The third-order valence-corrected chi connectivity index (χ3v) is 2.85. The first-order valence-corrected chi connectivity index (χ1v) is 5.82. The number of carboxylic acid groups (broad SMARTS) is 1. The number of aryl methyl sites for hydroxylation is 1. The Morgan fingerprint density at radius 3 is 2.70 bits per heavy atom. The zero-order chi connectivity index (χ0) is 14.7. The highest BCUT2D eigenvalue weighted by molar-refractivity contribution is 5.91. The minimum atomic E-state index is -1.02. The van der Waals surface area contributed by atoms with E-state index in [-0.39, 0.29) is 11.1 Å². The standard InChI is InChI=1S/C15H11FN2O2/c1-9-2-4-12(7-13(9)15(19)20)18-14-5-3-11(16)6-10(14)8-17/h2-7,18H,1H3,(H,19,20). The second-order valence-electron chi connectivity index (χ2n) is 4.26. The molecule has 0 spiro atoms. The van der Waals surface area contributed by atoms with Crippen molar-refractivity contribution in [3.05, 3.63) is 58.9 Å². The summed E-state index contributed by atoms with van der Waals surface area (Å²) < 4.78 is 13.0. The van der Waals surface area contributed by atoms with Crippen LogP contribution in [-0.2, 0) is 0 Å². The molecule has 0 radical (unpaired) electrons. The van der Waals surface area contributed by atoms with Gasteiger partial charge in [-0.1, -0.05) is 6.07 Å². The maximum atomic E-state index is 13.0. The summed E-state index contributed by atoms with van der Waals surface area (Å²) in [6.45, 7) is 1.70. The summed E-state index contributed by atoms with van der Waals surface area (Å²) >= 11 is 0. The summed E-state index contributed by atoms with van der Waals surface area (Å²) in [5.41, 5.74) is 1.92. The summed E-state index contributed by atoms with van der Waals surface area (Å²) in [7, 11) is 0. The van der Waals surface area contributed by atoms with E-state index in [4.69, 9.17) is 10.4 Å². The Morgan fingerprint density at radius 2 is 2.05 bits per heavy atom. The van der Waals surface area contributed by atoms with E-state index in [1.165, 1.54) is 18.2 Å². The summed E-state index contributed by atoms with van der Waals surface area (Å²) in [6, 6.07) is 10.5. The van der Waals surface area contributed by atoms with Gasteiger partial charge in [-0.3, -0.25) is 0 Å². The number of carboxylic acids is 1. The first kappa shape index (κ1) is 13.6. The molecule has 4 nitrogen and oxygen atoms in total. The molecule has 0 unspecified atom stereocenters. The van der Waals surface area contributed by atoms with Crippen LogP contribution < -0.4 is 5.32 Å². The third kappa shape index (κ3) is 2.75. The van der Waals surface area contributed by atoms with Crippen molar-refractivity contribution >= 4 is 17.3 Å². The number of nitriles is 1. The number of anilines is 2. The Kier molecular flexibility index (Phi) is 3.67. The summed E-state index contributed by atoms with van der Waals surface area (Å²) in [5, 5.41) is 20.9. The number of hydrogen-bond donors (Lipinski definition) is 2. The van der Waals surface area contributed by atoms with Gasteiger partial charge in [-0.05, 0) is 42.8 Å². The molecule has 0 atom stereocenters. The number of halogens is 1. The van der Waals surface area contributed by atoms with Gasteiger partial charge in [-0.2, -0.15) is 5.26 Å². The van der Waals surface area contributed by atoms with Crippen molar-refractivity contribution in [3.8, 4) is 6.07 Å². The summed E-state index contributed by atoms with van der Waals surface area (Å²) in [6.07, 6.45) is 0. The first-order chi connectivity index (χ1) is 9.51. The van der Waals surface area contributed by atoms with Crippen LogP contribution >= 0.6 is 0 Å². The summed E-state index contributed by atoms with van der Waals surface area (Å²) in [4.78, 5) is 11.1. The normalized spacial score (nSPS) is 9.85. The average Bonchev–Trinajstić information content (AvgIpc) is 2.42. The molecule has 2 aromatic rings. The van der Waals surface area contributed by atoms with E-state index >= 15 is 0 Å². The Hall–Kier alpha value is -2.87. The molecule has 0 aliphatic rings. The second-order valence-corrected chi connectivity index (χ2v) is 4.26. The number of nitrogens with one attached hydrogen (secondary N) is 1. The van der Waals surface area contributed by atoms with E-state index < -0.39 is 11.8 Å². The number of rotatable bonds is 3. The lowest BCUT2D eigenvalue weighted by atomic mass is 10.1. The number of benzene rings is 2. The van der Waals surface area contributed by atoms with Crippen molar-refractivity contribution in [1.29, 1.82) is 5.26 Å². The zero-order valence-corrected chi connectivity index (χ0v) is 10.6. The molecule has 0 fully saturated rings. The SMILES string of the molecule is Cc1ccc(Nc2ccc(F)cc2C#N)cc1C(=O)O. The number of hydrogen-bond acceptors (Lipinski definition) is 3. The molecular weight excluding hydrogens is 259 g/mol. The molecule has 0 saturated heterocycles. The number of nitrogens with zero attached hydrogens (tertiary/aromatic N) is 1. The molecule has 0 amide bonds. The molecule has 2 aromatic carbocycles. The Balaban J connectivity index is 2.38. The molecule has 0 aliphatic carbocycles. The topological polar surface area (TPSA) is 73.1 Å². The van der Waals surface area contributed by atoms with Crippen LogP contribution in [0.15, 0.2) is 36.4 Å². The van der Waals surface area contributed by atoms with Crippen molar-refractivity contribution in [2.75, 3.05) is 5.32 Å². The molecular formula is C15H11FN2O2. The molecule has 5 heteroatoms. The Labute approximate surface area is 115 Å². The molecule has 100 valence electrons. The van der Waals surface area contributed by atoms with Crippen LogP contribution in [0.3, 0.4) is 0 Å². The van der Waals surface area contributed by atoms with Crippen LogP contribution in [0.2, 0.25) is 0 Å². The van der Waals surface area contributed by atoms with Gasteiger partial charge >= 0.3 is 5.97 Å². The van der Waals surface area contributed by atoms with Gasteiger partial charge in [0.25, 0.3) is 0 Å². The highest BCUT2D eigenvalue weighted by Crippen LogP contribution is 2.23. The molecule has 0 saturated carbocycles. The third-order valence-electron chi connectivity index (χ3n) is 2.85. The Bertz CT molecular complexity index is 720. The van der Waals surface area contributed by atoms with Crippen LogP contribution in [0.1, 0.15) is 21.5 Å². The monoisotopic (exact) mass is 270 g/mol. The Morgan fingerprint density at radius 1 is 1.30 bits per heavy atom. The molecule has 2 N–H and O–H groups in total. The molecule has 20 heavy (non-hydrogen) atoms. The fourth-order valence-electron chi connectivity index (χ4n) is 1.80. The van der Waals surface area contributed by atoms with Gasteiger partial charge in [0.05, 0.1) is 16.8 Å². The van der Waals surface area contributed by atoms with Crippen molar-refractivity contribution in [3.63, 3.8) is 0 Å². The van der Waals surface area contributed by atoms with Gasteiger partial charge in [0.1, 0.15) is 11.9 Å². The van der Waals surface area contributed by atoms with E-state index in [9.17, 15) is 9.18 Å². The van der Waals surface area contributed by atoms with E-state index in [0.717, 1.165) is 6.07 Å². The number of aromatic carboxylic acids is 1. The quantitative estimate of drug-likeness (QED) is 0.895. The highest BCUT2D eigenvalue weighted by atomic mass is 19.1. The summed E-state index contributed by atoms with van der Waals surface area (Å²) in [5.74, 6) is -1.52. The number of carbonyl (C=O) groups is 1. The average molecular weight is 270 g/mol. The van der Waals surface area contributed by atoms with E-state index in [1.807, 2.05) is 6.07 Å². The van der Waals surface area contributed by atoms with Crippen molar-refractivity contribution in [2.24, 2.45) is 0 Å². The van der Waals surface area contributed by atoms with Gasteiger partial charge in [0.2, 0.25) is 0 Å². The minimum Gasteiger partial charge on any atom is -0.478 e. The van der Waals surface area contributed by atoms with Crippen molar-refractivity contribution in [2.45, 2.75) is 6.92 Å². The van der Waals surface area contributed by atoms with Crippen LogP contribution in [0.4, 0.5) is 15.8 Å². The highest BCUT2D eigenvalue weighted by Gasteiger charge is 2.09. The van der Waals surface area contributed by atoms with Gasteiger partial charge < -0.3 is 10.4 Å². The zero-order valence-electron chi connectivity index (χ0n) is 10.6. The lowest BCUT2D eigenvalue weighted by Crippen LogP contribution is -2.01. The predicted octanol–water partition coefficient (Wildman–Crippen LogP) is 3.45. The minimum absolute atomic E-state index is 0.155. The van der Waals surface area contributed by atoms with Crippen molar-refractivity contribution in [1.82, 2.24) is 0 Å². The van der Waals surface area contributed by atoms with E-state index in [0.29, 0.717) is 16.9 Å². The van der Waals surface area contributed by atoms with Gasteiger partial charge in [0, 0.05) is 5.69 Å². The largest absolute Gasteiger partial charge is 0.478 e. The first-order valence-electron chi connectivity index (χ1n) is 5.82. The maximum Gasteiger partial charge on any atom is 0.336 e. The van der Waals surface area contributed by atoms with Crippen molar-refractivity contribution < 1.29 is 14.3 Å². The van der Waals surface area contributed by atoms with Gasteiger partial charge in [-0.15, -0.1) is 0 Å². The molecule has 0 aliphatic heterocycles. The van der Waals surface area contributed by atoms with Gasteiger partial charge in [0.15, 0.2) is 0 Å². The lowest BCUT2D eigenvalue weighted by Gasteiger charge is -2.10. The smallest absolute Gasteiger partial charge is 0.336 e. The fourth-order valence-corrected chi connectivity index (χ4v) is 1.80. The van der Waals surface area contributed by atoms with Crippen LogP contribution in [0.5, 0.6) is 0 Å². The van der Waals surface area contributed by atoms with Gasteiger partial charge in [-0.25, -0.2) is 9.18 Å². The van der Waals surface area contributed by atoms with Crippen LogP contribution in [0, 0.1) is 24.1 Å². The van der Waals surface area contributed by atoms with E-state index in [2.05, 4.69) is 5.32 Å². The van der Waals surface area contributed by atoms with Crippen LogP contribution in [0.25, 0.3) is 0 Å². The maximum absolute atomic E-state index is 13.0. The predicted molar refractivity (Wildman–Crippen MR) is 72.5 cm³/mol. The lowest BCUT2D eigenvalue weighted by molar-refractivity contribution is 0.0696. The molecule has 2 rings (SSSR count).